The topological polar surface area (TPSA) is 29.9 Å². The molecule has 1 aromatic heterocycles. The van der Waals surface area contributed by atoms with E-state index in [1.54, 1.807) is 10.9 Å². The summed E-state index contributed by atoms with van der Waals surface area (Å²) in [4.78, 5) is 0. The molecule has 1 N–H and O–H groups in total. The molecule has 0 aromatic carbocycles. The van der Waals surface area contributed by atoms with Gasteiger partial charge >= 0.3 is 6.18 Å². The number of rotatable bonds is 7. The lowest BCUT2D eigenvalue weighted by Crippen LogP contribution is -2.26. The van der Waals surface area contributed by atoms with Crippen LogP contribution in [-0.2, 0) is 6.54 Å². The third-order valence-electron chi connectivity index (χ3n) is 2.82. The summed E-state index contributed by atoms with van der Waals surface area (Å²) in [5, 5.41) is 7.33. The highest BCUT2D eigenvalue weighted by Crippen LogP contribution is 2.31. The first-order chi connectivity index (χ1) is 8.89. The highest BCUT2D eigenvalue weighted by Gasteiger charge is 2.30. The van der Waals surface area contributed by atoms with Crippen LogP contribution in [0.15, 0.2) is 10.7 Å². The molecule has 110 valence electrons. The zero-order chi connectivity index (χ0) is 14.5. The van der Waals surface area contributed by atoms with Gasteiger partial charge in [-0.1, -0.05) is 6.92 Å². The van der Waals surface area contributed by atoms with Crippen LogP contribution in [0.25, 0.3) is 0 Å². The van der Waals surface area contributed by atoms with Gasteiger partial charge in [0, 0.05) is 13.0 Å². The van der Waals surface area contributed by atoms with Gasteiger partial charge in [0.25, 0.3) is 0 Å². The average molecular weight is 342 g/mol. The Balaban J connectivity index is 2.85. The Morgan fingerprint density at radius 3 is 2.63 bits per heavy atom. The summed E-state index contributed by atoms with van der Waals surface area (Å²) in [6, 6.07) is -0.335. The molecule has 0 aliphatic heterocycles. The molecule has 1 heterocycles. The van der Waals surface area contributed by atoms with E-state index in [1.165, 1.54) is 0 Å². The summed E-state index contributed by atoms with van der Waals surface area (Å²) in [7, 11) is 0. The molecule has 3 nitrogen and oxygen atoms in total. The van der Waals surface area contributed by atoms with Gasteiger partial charge in [-0.3, -0.25) is 4.68 Å². The number of hydrogen-bond donors (Lipinski definition) is 1. The van der Waals surface area contributed by atoms with E-state index in [0.717, 1.165) is 16.6 Å². The van der Waals surface area contributed by atoms with Crippen LogP contribution < -0.4 is 5.32 Å². The van der Waals surface area contributed by atoms with Gasteiger partial charge < -0.3 is 5.32 Å². The van der Waals surface area contributed by atoms with Gasteiger partial charge in [-0.2, -0.15) is 18.3 Å². The van der Waals surface area contributed by atoms with E-state index >= 15 is 0 Å². The molecule has 0 radical (unpaired) electrons. The monoisotopic (exact) mass is 341 g/mol. The Morgan fingerprint density at radius 1 is 1.42 bits per heavy atom. The Morgan fingerprint density at radius 2 is 2.11 bits per heavy atom. The average Bonchev–Trinajstić information content (AvgIpc) is 2.70. The first-order valence-electron chi connectivity index (χ1n) is 6.40. The lowest BCUT2D eigenvalue weighted by Gasteiger charge is -2.21. The number of aromatic nitrogens is 2. The molecule has 0 fully saturated rings. The van der Waals surface area contributed by atoms with Gasteiger partial charge in [0.05, 0.1) is 22.4 Å². The van der Waals surface area contributed by atoms with E-state index in [0.29, 0.717) is 13.1 Å². The van der Waals surface area contributed by atoms with Crippen molar-refractivity contribution < 1.29 is 13.2 Å². The van der Waals surface area contributed by atoms with Crippen LogP contribution in [0.5, 0.6) is 0 Å². The van der Waals surface area contributed by atoms with Crippen molar-refractivity contribution in [3.8, 4) is 0 Å². The molecule has 7 heteroatoms. The fourth-order valence-corrected chi connectivity index (χ4v) is 2.50. The fraction of sp³-hybridized carbons (Fsp3) is 0.750. The molecule has 0 aliphatic carbocycles. The second kappa shape index (κ2) is 7.28. The first-order valence-corrected chi connectivity index (χ1v) is 7.19. The Hall–Kier alpha value is -0.560. The lowest BCUT2D eigenvalue weighted by molar-refractivity contribution is -0.136. The summed E-state index contributed by atoms with van der Waals surface area (Å²) < 4.78 is 39.7. The van der Waals surface area contributed by atoms with Gasteiger partial charge in [-0.25, -0.2) is 0 Å². The zero-order valence-electron chi connectivity index (χ0n) is 11.1. The van der Waals surface area contributed by atoms with Gasteiger partial charge in [-0.05, 0) is 42.2 Å². The number of alkyl halides is 3. The minimum absolute atomic E-state index is 0.0216. The number of nitrogens with zero attached hydrogens (tertiary/aromatic N) is 2. The summed E-state index contributed by atoms with van der Waals surface area (Å²) in [6.07, 6.45) is -2.40. The van der Waals surface area contributed by atoms with E-state index in [4.69, 9.17) is 0 Å². The molecule has 1 aromatic rings. The molecule has 0 amide bonds. The Labute approximate surface area is 119 Å². The van der Waals surface area contributed by atoms with Crippen molar-refractivity contribution in [2.75, 3.05) is 6.54 Å². The Bertz CT molecular complexity index is 390. The van der Waals surface area contributed by atoms with Crippen LogP contribution >= 0.6 is 15.9 Å². The highest BCUT2D eigenvalue weighted by atomic mass is 79.9. The van der Waals surface area contributed by atoms with E-state index in [9.17, 15) is 13.2 Å². The molecule has 0 spiro atoms. The van der Waals surface area contributed by atoms with Crippen LogP contribution in [0, 0.1) is 0 Å². The second-order valence-electron chi connectivity index (χ2n) is 4.35. The maximum atomic E-state index is 12.4. The number of hydrogen-bond acceptors (Lipinski definition) is 2. The van der Waals surface area contributed by atoms with Crippen LogP contribution in [-0.4, -0.2) is 22.5 Å². The predicted molar refractivity (Wildman–Crippen MR) is 71.9 cm³/mol. The maximum absolute atomic E-state index is 12.4. The third kappa shape index (κ3) is 5.14. The molecular formula is C12H19BrF3N3. The molecule has 0 aliphatic rings. The van der Waals surface area contributed by atoms with E-state index in [1.807, 2.05) is 13.8 Å². The van der Waals surface area contributed by atoms with Crippen molar-refractivity contribution in [1.29, 1.82) is 0 Å². The molecular weight excluding hydrogens is 323 g/mol. The molecule has 1 rings (SSSR count). The van der Waals surface area contributed by atoms with Crippen molar-refractivity contribution >= 4 is 15.9 Å². The van der Waals surface area contributed by atoms with Crippen molar-refractivity contribution in [1.82, 2.24) is 15.1 Å². The quantitative estimate of drug-likeness (QED) is 0.810. The third-order valence-corrected chi connectivity index (χ3v) is 3.43. The minimum Gasteiger partial charge on any atom is -0.309 e. The van der Waals surface area contributed by atoms with E-state index < -0.39 is 12.6 Å². The summed E-state index contributed by atoms with van der Waals surface area (Å²) in [5.74, 6) is 0. The molecule has 0 bridgehead atoms. The Kier molecular flexibility index (Phi) is 6.32. The normalized spacial score (nSPS) is 13.8. The van der Waals surface area contributed by atoms with E-state index in [2.05, 4.69) is 26.3 Å². The molecule has 0 saturated heterocycles. The molecule has 19 heavy (non-hydrogen) atoms. The summed E-state index contributed by atoms with van der Waals surface area (Å²) >= 11 is 3.37. The molecule has 1 unspecified atom stereocenters. The number of aryl methyl sites for hydroxylation is 1. The van der Waals surface area contributed by atoms with Gasteiger partial charge in [0.1, 0.15) is 0 Å². The van der Waals surface area contributed by atoms with Crippen LogP contribution in [0.2, 0.25) is 0 Å². The van der Waals surface area contributed by atoms with E-state index in [-0.39, 0.29) is 12.5 Å². The molecule has 1 atom stereocenters. The van der Waals surface area contributed by atoms with Crippen LogP contribution in [0.1, 0.15) is 44.8 Å². The van der Waals surface area contributed by atoms with Crippen LogP contribution in [0.4, 0.5) is 13.2 Å². The fourth-order valence-electron chi connectivity index (χ4n) is 1.93. The minimum atomic E-state index is -4.13. The highest BCUT2D eigenvalue weighted by molar-refractivity contribution is 9.10. The lowest BCUT2D eigenvalue weighted by atomic mass is 10.1. The predicted octanol–water partition coefficient (Wildman–Crippen LogP) is 4.05. The van der Waals surface area contributed by atoms with Crippen molar-refractivity contribution in [2.45, 2.75) is 51.9 Å². The first kappa shape index (κ1) is 16.5. The van der Waals surface area contributed by atoms with Crippen LogP contribution in [0.3, 0.4) is 0 Å². The van der Waals surface area contributed by atoms with Gasteiger partial charge in [0.2, 0.25) is 0 Å². The zero-order valence-corrected chi connectivity index (χ0v) is 12.7. The summed E-state index contributed by atoms with van der Waals surface area (Å²) in [5.41, 5.74) is 0.792. The summed E-state index contributed by atoms with van der Waals surface area (Å²) in [6.45, 7) is 5.23. The van der Waals surface area contributed by atoms with Crippen molar-refractivity contribution in [3.63, 3.8) is 0 Å². The largest absolute Gasteiger partial charge is 0.389 e. The molecule has 0 saturated carbocycles. The van der Waals surface area contributed by atoms with Crippen molar-refractivity contribution in [2.24, 2.45) is 0 Å². The van der Waals surface area contributed by atoms with Gasteiger partial charge in [-0.15, -0.1) is 0 Å². The second-order valence-corrected chi connectivity index (χ2v) is 5.21. The SMILES string of the molecule is CCCNC(CCC(F)(F)F)c1c(Br)cnn1CC. The number of nitrogens with one attached hydrogen (secondary N) is 1. The maximum Gasteiger partial charge on any atom is 0.389 e. The van der Waals surface area contributed by atoms with Crippen molar-refractivity contribution in [3.05, 3.63) is 16.4 Å². The smallest absolute Gasteiger partial charge is 0.309 e. The van der Waals surface area contributed by atoms with Gasteiger partial charge in [0.15, 0.2) is 0 Å². The standard InChI is InChI=1S/C12H19BrF3N3/c1-3-7-17-10(5-6-12(14,15)16)11-9(13)8-18-19(11)4-2/h8,10,17H,3-7H2,1-2H3. The number of halogens is 4.